The first-order valence-electron chi connectivity index (χ1n) is 5.48. The Kier molecular flexibility index (Phi) is 3.79. The van der Waals surface area contributed by atoms with Crippen molar-refractivity contribution in [3.05, 3.63) is 27.7 Å². The molecule has 2 N–H and O–H groups in total. The van der Waals surface area contributed by atoms with Crippen LogP contribution in [-0.4, -0.2) is 26.1 Å². The molecule has 0 bridgehead atoms. The lowest BCUT2D eigenvalue weighted by atomic mass is 10.2. The van der Waals surface area contributed by atoms with Gasteiger partial charge in [0, 0.05) is 13.0 Å². The van der Waals surface area contributed by atoms with E-state index in [-0.39, 0.29) is 18.9 Å². The molecule has 0 saturated carbocycles. The molecule has 0 aromatic heterocycles. The van der Waals surface area contributed by atoms with E-state index in [1.165, 1.54) is 4.90 Å². The van der Waals surface area contributed by atoms with Gasteiger partial charge in [-0.1, -0.05) is 29.3 Å². The molecule has 1 heterocycles. The van der Waals surface area contributed by atoms with Gasteiger partial charge in [-0.25, -0.2) is 13.6 Å². The van der Waals surface area contributed by atoms with E-state index in [0.717, 1.165) is 5.56 Å². The first kappa shape index (κ1) is 14.6. The minimum Gasteiger partial charge on any atom is -0.308 e. The fraction of sp³-hybridized carbons (Fsp3) is 0.364. The van der Waals surface area contributed by atoms with Crippen LogP contribution in [0.3, 0.4) is 0 Å². The minimum absolute atomic E-state index is 0.0272. The van der Waals surface area contributed by atoms with Crippen LogP contribution in [0.2, 0.25) is 10.0 Å². The normalized spacial score (nSPS) is 20.1. The largest absolute Gasteiger partial charge is 0.308 e. The van der Waals surface area contributed by atoms with Gasteiger partial charge in [-0.3, -0.25) is 4.79 Å². The van der Waals surface area contributed by atoms with Crippen molar-refractivity contribution < 1.29 is 13.2 Å². The molecule has 19 heavy (non-hydrogen) atoms. The first-order chi connectivity index (χ1) is 8.71. The minimum atomic E-state index is -3.76. The Morgan fingerprint density at radius 3 is 2.53 bits per heavy atom. The molecule has 0 radical (unpaired) electrons. The first-order valence-corrected chi connectivity index (χ1v) is 7.85. The summed E-state index contributed by atoms with van der Waals surface area (Å²) in [5, 5.41) is 4.80. The fourth-order valence-electron chi connectivity index (χ4n) is 2.00. The molecule has 1 saturated heterocycles. The monoisotopic (exact) mass is 322 g/mol. The van der Waals surface area contributed by atoms with E-state index < -0.39 is 15.3 Å². The van der Waals surface area contributed by atoms with Gasteiger partial charge in [0.15, 0.2) is 0 Å². The van der Waals surface area contributed by atoms with E-state index in [4.69, 9.17) is 28.3 Å². The van der Waals surface area contributed by atoms with Crippen molar-refractivity contribution >= 4 is 44.8 Å². The lowest BCUT2D eigenvalue weighted by molar-refractivity contribution is -0.117. The van der Waals surface area contributed by atoms with Crippen molar-refractivity contribution in [3.63, 3.8) is 0 Å². The van der Waals surface area contributed by atoms with E-state index >= 15 is 0 Å². The number of hydrogen-bond acceptors (Lipinski definition) is 3. The SMILES string of the molecule is Cc1ccc(Cl)c(N2CC(S(N)(=O)=O)CC2=O)c1Cl. The number of carbonyl (C=O) groups is 1. The topological polar surface area (TPSA) is 80.5 Å². The molecule has 2 rings (SSSR count). The van der Waals surface area contributed by atoms with Gasteiger partial charge in [0.2, 0.25) is 15.9 Å². The Labute approximate surface area is 121 Å². The van der Waals surface area contributed by atoms with E-state index in [0.29, 0.717) is 15.7 Å². The van der Waals surface area contributed by atoms with Crippen molar-refractivity contribution in [1.29, 1.82) is 0 Å². The molecule has 0 aliphatic carbocycles. The molecule has 0 spiro atoms. The van der Waals surface area contributed by atoms with Crippen molar-refractivity contribution in [2.75, 3.05) is 11.4 Å². The molecule has 1 aliphatic heterocycles. The van der Waals surface area contributed by atoms with Crippen molar-refractivity contribution in [1.82, 2.24) is 0 Å². The van der Waals surface area contributed by atoms with Gasteiger partial charge in [0.25, 0.3) is 0 Å². The summed E-state index contributed by atoms with van der Waals surface area (Å²) in [7, 11) is -3.76. The van der Waals surface area contributed by atoms with E-state index in [1.807, 2.05) is 0 Å². The smallest absolute Gasteiger partial charge is 0.228 e. The number of rotatable bonds is 2. The van der Waals surface area contributed by atoms with Gasteiger partial charge in [-0.05, 0) is 18.6 Å². The highest BCUT2D eigenvalue weighted by atomic mass is 35.5. The molecule has 1 aromatic carbocycles. The highest BCUT2D eigenvalue weighted by Gasteiger charge is 2.38. The molecule has 1 fully saturated rings. The number of sulfonamides is 1. The lowest BCUT2D eigenvalue weighted by Gasteiger charge is -2.20. The second-order valence-electron chi connectivity index (χ2n) is 4.45. The number of primary sulfonamides is 1. The second-order valence-corrected chi connectivity index (χ2v) is 7.08. The number of hydrogen-bond donors (Lipinski definition) is 1. The maximum Gasteiger partial charge on any atom is 0.228 e. The lowest BCUT2D eigenvalue weighted by Crippen LogP contribution is -2.32. The van der Waals surface area contributed by atoms with Gasteiger partial charge in [0.05, 0.1) is 15.7 Å². The molecular formula is C11H12Cl2N2O3S. The van der Waals surface area contributed by atoms with E-state index in [2.05, 4.69) is 0 Å². The Balaban J connectivity index is 2.45. The van der Waals surface area contributed by atoms with Crippen LogP contribution in [0, 0.1) is 6.92 Å². The summed E-state index contributed by atoms with van der Waals surface area (Å²) in [6.07, 6.45) is -0.153. The summed E-state index contributed by atoms with van der Waals surface area (Å²) in [5.41, 5.74) is 1.10. The molecule has 1 aromatic rings. The summed E-state index contributed by atoms with van der Waals surface area (Å²) in [5.74, 6) is -0.353. The van der Waals surface area contributed by atoms with E-state index in [1.54, 1.807) is 19.1 Å². The van der Waals surface area contributed by atoms with Gasteiger partial charge in [0.1, 0.15) is 5.25 Å². The summed E-state index contributed by atoms with van der Waals surface area (Å²) in [4.78, 5) is 13.2. The Morgan fingerprint density at radius 2 is 2.00 bits per heavy atom. The third kappa shape index (κ3) is 2.72. The fourth-order valence-corrected chi connectivity index (χ4v) is 3.31. The standard InChI is InChI=1S/C11H12Cl2N2O3S/c1-6-2-3-8(12)11(10(6)13)15-5-7(4-9(15)16)19(14,17)18/h2-3,7H,4-5H2,1H3,(H2,14,17,18). The number of aryl methyl sites for hydroxylation is 1. The van der Waals surface area contributed by atoms with Crippen molar-refractivity contribution in [2.24, 2.45) is 5.14 Å². The van der Waals surface area contributed by atoms with Crippen LogP contribution in [-0.2, 0) is 14.8 Å². The molecule has 1 atom stereocenters. The zero-order valence-corrected chi connectivity index (χ0v) is 12.4. The Bertz CT molecular complexity index is 646. The predicted octanol–water partition coefficient (Wildman–Crippen LogP) is 1.70. The van der Waals surface area contributed by atoms with Crippen LogP contribution < -0.4 is 10.0 Å². The third-order valence-electron chi connectivity index (χ3n) is 3.08. The summed E-state index contributed by atoms with van der Waals surface area (Å²) < 4.78 is 22.7. The number of halogens is 2. The van der Waals surface area contributed by atoms with Crippen LogP contribution in [0.15, 0.2) is 12.1 Å². The third-order valence-corrected chi connectivity index (χ3v) is 5.11. The average Bonchev–Trinajstić information content (AvgIpc) is 2.67. The maximum absolute atomic E-state index is 11.9. The number of amides is 1. The Morgan fingerprint density at radius 1 is 1.37 bits per heavy atom. The van der Waals surface area contributed by atoms with Crippen molar-refractivity contribution in [2.45, 2.75) is 18.6 Å². The summed E-state index contributed by atoms with van der Waals surface area (Å²) in [6, 6.07) is 3.35. The van der Waals surface area contributed by atoms with Crippen molar-refractivity contribution in [3.8, 4) is 0 Å². The van der Waals surface area contributed by atoms with Gasteiger partial charge < -0.3 is 4.90 Å². The predicted molar refractivity (Wildman–Crippen MR) is 75.1 cm³/mol. The Hall–Kier alpha value is -0.820. The number of anilines is 1. The molecular weight excluding hydrogens is 311 g/mol. The summed E-state index contributed by atoms with van der Waals surface area (Å²) in [6.45, 7) is 1.75. The van der Waals surface area contributed by atoms with Gasteiger partial charge in [-0.2, -0.15) is 0 Å². The van der Waals surface area contributed by atoms with Crippen LogP contribution in [0.4, 0.5) is 5.69 Å². The average molecular weight is 323 g/mol. The van der Waals surface area contributed by atoms with Gasteiger partial charge in [-0.15, -0.1) is 0 Å². The van der Waals surface area contributed by atoms with E-state index in [9.17, 15) is 13.2 Å². The zero-order chi connectivity index (χ0) is 14.4. The molecule has 1 aliphatic rings. The molecule has 5 nitrogen and oxygen atoms in total. The molecule has 8 heteroatoms. The van der Waals surface area contributed by atoms with Crippen LogP contribution in [0.1, 0.15) is 12.0 Å². The maximum atomic E-state index is 11.9. The van der Waals surface area contributed by atoms with Gasteiger partial charge >= 0.3 is 0 Å². The molecule has 1 amide bonds. The zero-order valence-electron chi connectivity index (χ0n) is 10.1. The highest BCUT2D eigenvalue weighted by Crippen LogP contribution is 2.38. The summed E-state index contributed by atoms with van der Waals surface area (Å²) >= 11 is 12.2. The van der Waals surface area contributed by atoms with Crippen LogP contribution >= 0.6 is 23.2 Å². The molecule has 104 valence electrons. The van der Waals surface area contributed by atoms with Crippen LogP contribution in [0.25, 0.3) is 0 Å². The van der Waals surface area contributed by atoms with Crippen LogP contribution in [0.5, 0.6) is 0 Å². The highest BCUT2D eigenvalue weighted by molar-refractivity contribution is 7.89. The molecule has 1 unspecified atom stereocenters. The number of nitrogens with zero attached hydrogens (tertiary/aromatic N) is 1. The second kappa shape index (κ2) is 4.94. The number of carbonyl (C=O) groups excluding carboxylic acids is 1. The quantitative estimate of drug-likeness (QED) is 0.899. The number of nitrogens with two attached hydrogens (primary N) is 1. The number of benzene rings is 1.